The fourth-order valence-corrected chi connectivity index (χ4v) is 5.98. The van der Waals surface area contributed by atoms with Crippen LogP contribution in [-0.2, 0) is 4.79 Å². The first-order valence-corrected chi connectivity index (χ1v) is 12.3. The molecule has 2 amide bonds. The van der Waals surface area contributed by atoms with Crippen molar-refractivity contribution in [1.29, 1.82) is 0 Å². The second-order valence-electron chi connectivity index (χ2n) is 9.84. The predicted octanol–water partition coefficient (Wildman–Crippen LogP) is 2.46. The lowest BCUT2D eigenvalue weighted by atomic mass is 9.97. The van der Waals surface area contributed by atoms with E-state index in [1.807, 2.05) is 4.90 Å². The molecule has 0 aliphatic carbocycles. The maximum atomic E-state index is 13.6. The van der Waals surface area contributed by atoms with Crippen LogP contribution >= 0.6 is 0 Å². The van der Waals surface area contributed by atoms with Crippen LogP contribution in [0.1, 0.15) is 49.6 Å². The van der Waals surface area contributed by atoms with Crippen LogP contribution in [0.5, 0.6) is 0 Å². The summed E-state index contributed by atoms with van der Waals surface area (Å²) in [7, 11) is 0. The second kappa shape index (κ2) is 9.77. The molecule has 3 atom stereocenters. The van der Waals surface area contributed by atoms with Crippen LogP contribution in [-0.4, -0.2) is 93.7 Å². The van der Waals surface area contributed by atoms with Crippen molar-refractivity contribution < 1.29 is 22.8 Å². The summed E-state index contributed by atoms with van der Waals surface area (Å²) in [5, 5.41) is 7.03. The van der Waals surface area contributed by atoms with Gasteiger partial charge < -0.3 is 10.2 Å². The van der Waals surface area contributed by atoms with Gasteiger partial charge in [0.25, 0.3) is 5.91 Å². The van der Waals surface area contributed by atoms with Crippen LogP contribution in [0.4, 0.5) is 13.2 Å². The first-order valence-electron chi connectivity index (χ1n) is 12.3. The number of hydrogen-bond acceptors (Lipinski definition) is 5. The van der Waals surface area contributed by atoms with E-state index in [0.29, 0.717) is 16.8 Å². The molecule has 3 aliphatic heterocycles. The number of alkyl halides is 2. The third-order valence-corrected chi connectivity index (χ3v) is 7.78. The topological polar surface area (TPSA) is 73.7 Å². The number of fused-ring (bicyclic) bond motifs is 3. The number of amides is 2. The monoisotopic (exact) mass is 492 g/mol. The van der Waals surface area contributed by atoms with Crippen molar-refractivity contribution in [3.63, 3.8) is 0 Å². The summed E-state index contributed by atoms with van der Waals surface area (Å²) < 4.78 is 40.8. The van der Waals surface area contributed by atoms with E-state index >= 15 is 0 Å². The summed E-state index contributed by atoms with van der Waals surface area (Å²) in [6, 6.07) is 4.15. The Balaban J connectivity index is 1.18. The van der Waals surface area contributed by atoms with E-state index in [1.54, 1.807) is 6.92 Å². The Bertz CT molecular complexity index is 1090. The van der Waals surface area contributed by atoms with Gasteiger partial charge in [0.05, 0.1) is 5.52 Å². The van der Waals surface area contributed by atoms with Gasteiger partial charge in [-0.3, -0.25) is 19.4 Å². The Morgan fingerprint density at radius 2 is 1.77 bits per heavy atom. The summed E-state index contributed by atoms with van der Waals surface area (Å²) in [6.07, 6.45) is 3.78. The molecule has 4 heterocycles. The van der Waals surface area contributed by atoms with Gasteiger partial charge in [0.15, 0.2) is 5.69 Å². The first-order chi connectivity index (χ1) is 16.8. The Labute approximate surface area is 202 Å². The molecule has 1 unspecified atom stereocenters. The van der Waals surface area contributed by atoms with Crippen molar-refractivity contribution in [3.05, 3.63) is 29.7 Å². The Kier molecular flexibility index (Phi) is 6.71. The second-order valence-corrected chi connectivity index (χ2v) is 9.84. The third kappa shape index (κ3) is 4.88. The zero-order valence-electron chi connectivity index (χ0n) is 19.8. The highest BCUT2D eigenvalue weighted by Gasteiger charge is 2.41. The molecule has 3 aliphatic rings. The minimum atomic E-state index is -2.97. The molecule has 11 heteroatoms. The molecule has 5 rings (SSSR count). The number of nitrogens with zero attached hydrogens (tertiary/aromatic N) is 5. The molecule has 2 aromatic rings. The number of rotatable bonds is 6. The molecule has 3 fully saturated rings. The molecule has 190 valence electrons. The van der Waals surface area contributed by atoms with Crippen molar-refractivity contribution in [2.45, 2.75) is 57.3 Å². The van der Waals surface area contributed by atoms with Gasteiger partial charge in [0, 0.05) is 75.8 Å². The summed E-state index contributed by atoms with van der Waals surface area (Å²) in [5.74, 6) is -1.02. The fraction of sp³-hybridized carbons (Fsp3) is 0.625. The van der Waals surface area contributed by atoms with Crippen LogP contribution in [0.15, 0.2) is 18.2 Å². The molecule has 1 N–H and O–H groups in total. The van der Waals surface area contributed by atoms with Gasteiger partial charge >= 0.3 is 6.55 Å². The number of benzene rings is 1. The molecule has 1 aromatic carbocycles. The van der Waals surface area contributed by atoms with Crippen LogP contribution in [0.2, 0.25) is 0 Å². The normalized spacial score (nSPS) is 25.5. The minimum absolute atomic E-state index is 0.0532. The Morgan fingerprint density at radius 3 is 2.40 bits per heavy atom. The molecule has 35 heavy (non-hydrogen) atoms. The fourth-order valence-electron chi connectivity index (χ4n) is 5.98. The molecular weight excluding hydrogens is 461 g/mol. The summed E-state index contributed by atoms with van der Waals surface area (Å²) in [4.78, 5) is 31.4. The standard InChI is InChI=1S/C24H31F3N6O2/c1-15(34)31-9-6-30(7-10-31)8-11-32-18-3-4-19(32)14-17(13-18)28-23(35)22-20-5-2-16(25)12-21(20)33(29-22)24(26)27/h2,5,12,17-19,24H,3-4,6-11,13-14H2,1H3,(H,28,35)/t17?,18-,19+. The molecule has 3 saturated heterocycles. The molecule has 0 spiro atoms. The number of piperazine rings is 1. The SMILES string of the molecule is CC(=O)N1CCN(CCN2[C@@H]3CC[C@H]2CC(NC(=O)c2nn(C(F)F)c4cc(F)ccc24)C3)CC1. The van der Waals surface area contributed by atoms with E-state index in [2.05, 4.69) is 20.2 Å². The summed E-state index contributed by atoms with van der Waals surface area (Å²) in [5.41, 5.74) is -0.191. The van der Waals surface area contributed by atoms with Crippen molar-refractivity contribution in [3.8, 4) is 0 Å². The number of halogens is 3. The van der Waals surface area contributed by atoms with E-state index in [-0.39, 0.29) is 28.5 Å². The van der Waals surface area contributed by atoms with Crippen LogP contribution in [0.3, 0.4) is 0 Å². The number of piperidine rings is 1. The highest BCUT2D eigenvalue weighted by molar-refractivity contribution is 6.05. The number of carbonyl (C=O) groups excluding carboxylic acids is 2. The zero-order chi connectivity index (χ0) is 24.7. The van der Waals surface area contributed by atoms with Crippen molar-refractivity contribution in [2.24, 2.45) is 0 Å². The summed E-state index contributed by atoms with van der Waals surface area (Å²) in [6.45, 7) is 3.91. The smallest absolute Gasteiger partial charge is 0.333 e. The average Bonchev–Trinajstić information content (AvgIpc) is 3.31. The molecule has 1 aromatic heterocycles. The maximum Gasteiger partial charge on any atom is 0.333 e. The lowest BCUT2D eigenvalue weighted by molar-refractivity contribution is -0.130. The molecular formula is C24H31F3N6O2. The lowest BCUT2D eigenvalue weighted by Crippen LogP contribution is -2.54. The number of carbonyl (C=O) groups is 2. The van der Waals surface area contributed by atoms with E-state index in [0.717, 1.165) is 77.1 Å². The lowest BCUT2D eigenvalue weighted by Gasteiger charge is -2.41. The number of aromatic nitrogens is 2. The van der Waals surface area contributed by atoms with Gasteiger partial charge in [0.1, 0.15) is 5.82 Å². The van der Waals surface area contributed by atoms with Gasteiger partial charge in [-0.05, 0) is 37.8 Å². The third-order valence-electron chi connectivity index (χ3n) is 7.78. The van der Waals surface area contributed by atoms with E-state index in [1.165, 1.54) is 6.07 Å². The van der Waals surface area contributed by atoms with E-state index in [4.69, 9.17) is 0 Å². The first kappa shape index (κ1) is 24.1. The highest BCUT2D eigenvalue weighted by atomic mass is 19.3. The van der Waals surface area contributed by atoms with E-state index < -0.39 is 18.3 Å². The van der Waals surface area contributed by atoms with Gasteiger partial charge in [-0.2, -0.15) is 13.9 Å². The van der Waals surface area contributed by atoms with E-state index in [9.17, 15) is 22.8 Å². The predicted molar refractivity (Wildman–Crippen MR) is 124 cm³/mol. The van der Waals surface area contributed by atoms with Gasteiger partial charge in [0.2, 0.25) is 5.91 Å². The Morgan fingerprint density at radius 1 is 1.09 bits per heavy atom. The van der Waals surface area contributed by atoms with Crippen molar-refractivity contribution in [1.82, 2.24) is 29.8 Å². The van der Waals surface area contributed by atoms with Gasteiger partial charge in [-0.15, -0.1) is 0 Å². The van der Waals surface area contributed by atoms with Crippen molar-refractivity contribution >= 4 is 22.7 Å². The highest BCUT2D eigenvalue weighted by Crippen LogP contribution is 2.36. The van der Waals surface area contributed by atoms with Crippen LogP contribution < -0.4 is 5.32 Å². The molecule has 8 nitrogen and oxygen atoms in total. The minimum Gasteiger partial charge on any atom is -0.348 e. The maximum absolute atomic E-state index is 13.6. The average molecular weight is 493 g/mol. The largest absolute Gasteiger partial charge is 0.348 e. The number of nitrogens with one attached hydrogen (secondary N) is 1. The zero-order valence-corrected chi connectivity index (χ0v) is 19.8. The van der Waals surface area contributed by atoms with Crippen molar-refractivity contribution in [2.75, 3.05) is 39.3 Å². The van der Waals surface area contributed by atoms with Gasteiger partial charge in [-0.1, -0.05) is 0 Å². The molecule has 0 saturated carbocycles. The Hall–Kier alpha value is -2.66. The van der Waals surface area contributed by atoms with Crippen LogP contribution in [0, 0.1) is 5.82 Å². The van der Waals surface area contributed by atoms with Gasteiger partial charge in [-0.25, -0.2) is 9.07 Å². The summed E-state index contributed by atoms with van der Waals surface area (Å²) >= 11 is 0. The number of hydrogen-bond donors (Lipinski definition) is 1. The van der Waals surface area contributed by atoms with Crippen LogP contribution in [0.25, 0.3) is 10.9 Å². The molecule has 2 bridgehead atoms. The quantitative estimate of drug-likeness (QED) is 0.671. The molecule has 0 radical (unpaired) electrons.